The highest BCUT2D eigenvalue weighted by Crippen LogP contribution is 2.38. The zero-order valence-electron chi connectivity index (χ0n) is 18.9. The molecule has 2 heterocycles. The molecular weight excluding hydrogens is 486 g/mol. The highest BCUT2D eigenvalue weighted by molar-refractivity contribution is 7.88. The molecule has 0 saturated carbocycles. The number of pyridine rings is 1. The van der Waals surface area contributed by atoms with E-state index in [1.54, 1.807) is 55.7 Å². The second-order valence-electron chi connectivity index (χ2n) is 8.23. The van der Waals surface area contributed by atoms with Gasteiger partial charge in [0.2, 0.25) is 10.0 Å². The average Bonchev–Trinajstić information content (AvgIpc) is 3.30. The molecule has 3 aromatic carbocycles. The van der Waals surface area contributed by atoms with Crippen molar-refractivity contribution in [2.45, 2.75) is 6.04 Å². The Morgan fingerprint density at radius 3 is 2.34 bits per heavy atom. The van der Waals surface area contributed by atoms with Gasteiger partial charge in [0.15, 0.2) is 0 Å². The van der Waals surface area contributed by atoms with Crippen molar-refractivity contribution in [2.75, 3.05) is 13.4 Å². The van der Waals surface area contributed by atoms with Crippen LogP contribution < -0.4 is 15.7 Å². The molecular formula is C26H22ClN3O4S. The van der Waals surface area contributed by atoms with Crippen molar-refractivity contribution in [3.05, 3.63) is 105 Å². The second kappa shape index (κ2) is 8.88. The minimum atomic E-state index is -3.69. The molecule has 7 nitrogen and oxygen atoms in total. The lowest BCUT2D eigenvalue weighted by atomic mass is 9.94. The Labute approximate surface area is 207 Å². The van der Waals surface area contributed by atoms with Crippen LogP contribution in [-0.4, -0.2) is 31.2 Å². The Hall–Kier alpha value is -3.59. The normalized spacial score (nSPS) is 16.2. The van der Waals surface area contributed by atoms with Gasteiger partial charge in [0.25, 0.3) is 5.56 Å². The average molecular weight is 508 g/mol. The summed E-state index contributed by atoms with van der Waals surface area (Å²) in [5.74, 6) is 0.657. The van der Waals surface area contributed by atoms with Crippen LogP contribution in [0.25, 0.3) is 27.7 Å². The molecule has 0 saturated heterocycles. The van der Waals surface area contributed by atoms with Crippen molar-refractivity contribution < 1.29 is 13.2 Å². The third-order valence-electron chi connectivity index (χ3n) is 5.93. The van der Waals surface area contributed by atoms with Crippen molar-refractivity contribution in [2.24, 2.45) is 0 Å². The van der Waals surface area contributed by atoms with Crippen molar-refractivity contribution >= 4 is 38.2 Å². The summed E-state index contributed by atoms with van der Waals surface area (Å²) in [6.45, 7) is 0. The standard InChI is InChI=1S/C26H22ClN3O4S/c1-34-19-11-8-16(9-12-19)23-15-22(29-30(23)35(2,32)33)25-24(17-6-4-3-5-7-17)20-14-18(27)10-13-21(20)28-26(25)31/h3-15,23,29H,1-2H3,(H,28,31)/t23-/m0/s1. The van der Waals surface area contributed by atoms with Crippen molar-refractivity contribution in [3.63, 3.8) is 0 Å². The number of fused-ring (bicyclic) bond motifs is 1. The monoisotopic (exact) mass is 507 g/mol. The van der Waals surface area contributed by atoms with Crippen LogP contribution >= 0.6 is 11.6 Å². The van der Waals surface area contributed by atoms with Crippen molar-refractivity contribution in [1.82, 2.24) is 14.8 Å². The van der Waals surface area contributed by atoms with Gasteiger partial charge >= 0.3 is 0 Å². The van der Waals surface area contributed by atoms with Gasteiger partial charge < -0.3 is 15.1 Å². The Morgan fingerprint density at radius 1 is 0.971 bits per heavy atom. The van der Waals surface area contributed by atoms with Crippen LogP contribution in [0.1, 0.15) is 17.2 Å². The number of sulfonamides is 1. The third kappa shape index (κ3) is 4.32. The Bertz CT molecular complexity index is 1610. The Kier molecular flexibility index (Phi) is 5.88. The van der Waals surface area contributed by atoms with Gasteiger partial charge in [-0.15, -0.1) is 4.41 Å². The topological polar surface area (TPSA) is 91.5 Å². The number of nitrogens with zero attached hydrogens (tertiary/aromatic N) is 1. The molecule has 2 N–H and O–H groups in total. The van der Waals surface area contributed by atoms with Gasteiger partial charge in [0.1, 0.15) is 5.75 Å². The summed E-state index contributed by atoms with van der Waals surface area (Å²) in [5, 5.41) is 1.27. The van der Waals surface area contributed by atoms with Crippen molar-refractivity contribution in [3.8, 4) is 16.9 Å². The van der Waals surface area contributed by atoms with Gasteiger partial charge in [-0.3, -0.25) is 4.79 Å². The first-order chi connectivity index (χ1) is 16.8. The molecule has 0 amide bonds. The Morgan fingerprint density at radius 2 is 1.69 bits per heavy atom. The van der Waals surface area contributed by atoms with E-state index in [1.165, 1.54) is 0 Å². The predicted molar refractivity (Wildman–Crippen MR) is 139 cm³/mol. The van der Waals surface area contributed by atoms with Crippen LogP contribution in [0.5, 0.6) is 5.75 Å². The summed E-state index contributed by atoms with van der Waals surface area (Å²) in [7, 11) is -2.12. The summed E-state index contributed by atoms with van der Waals surface area (Å²) in [5.41, 5.74) is 6.17. The molecule has 9 heteroatoms. The summed E-state index contributed by atoms with van der Waals surface area (Å²) in [6, 6.07) is 21.2. The highest BCUT2D eigenvalue weighted by Gasteiger charge is 2.35. The fourth-order valence-electron chi connectivity index (χ4n) is 4.34. The van der Waals surface area contributed by atoms with E-state index in [9.17, 15) is 13.2 Å². The first-order valence-electron chi connectivity index (χ1n) is 10.8. The molecule has 0 bridgehead atoms. The fourth-order valence-corrected chi connectivity index (χ4v) is 5.37. The summed E-state index contributed by atoms with van der Waals surface area (Å²) >= 11 is 6.32. The summed E-state index contributed by atoms with van der Waals surface area (Å²) in [4.78, 5) is 16.3. The highest BCUT2D eigenvalue weighted by atomic mass is 35.5. The number of hydrazine groups is 1. The molecule has 1 aliphatic rings. The number of halogens is 1. The minimum Gasteiger partial charge on any atom is -0.497 e. The number of H-pyrrole nitrogens is 1. The second-order valence-corrected chi connectivity index (χ2v) is 10.5. The summed E-state index contributed by atoms with van der Waals surface area (Å²) < 4.78 is 31.8. The quantitative estimate of drug-likeness (QED) is 0.408. The zero-order valence-corrected chi connectivity index (χ0v) is 20.5. The number of benzene rings is 3. The molecule has 0 fully saturated rings. The van der Waals surface area contributed by atoms with Crippen molar-refractivity contribution in [1.29, 1.82) is 0 Å². The zero-order chi connectivity index (χ0) is 24.7. The smallest absolute Gasteiger partial charge is 0.258 e. The van der Waals surface area contributed by atoms with Gasteiger partial charge in [-0.2, -0.15) is 0 Å². The molecule has 178 valence electrons. The lowest BCUT2D eigenvalue weighted by Gasteiger charge is -2.23. The molecule has 0 radical (unpaired) electrons. The van der Waals surface area contributed by atoms with E-state index < -0.39 is 16.1 Å². The number of hydrogen-bond donors (Lipinski definition) is 2. The molecule has 1 atom stereocenters. The summed E-state index contributed by atoms with van der Waals surface area (Å²) in [6.07, 6.45) is 2.87. The molecule has 0 spiro atoms. The predicted octanol–water partition coefficient (Wildman–Crippen LogP) is 4.72. The molecule has 4 aromatic rings. The minimum absolute atomic E-state index is 0.329. The van der Waals surface area contributed by atoms with E-state index >= 15 is 0 Å². The number of ether oxygens (including phenoxy) is 1. The maximum atomic E-state index is 13.4. The van der Waals surface area contributed by atoms with Gasteiger partial charge in [0, 0.05) is 21.5 Å². The van der Waals surface area contributed by atoms with E-state index in [0.29, 0.717) is 33.1 Å². The molecule has 1 aliphatic heterocycles. The first kappa shape index (κ1) is 23.2. The lowest BCUT2D eigenvalue weighted by molar-refractivity contribution is 0.350. The van der Waals surface area contributed by atoms with Crippen LogP contribution in [0, 0.1) is 0 Å². The van der Waals surface area contributed by atoms with E-state index in [4.69, 9.17) is 16.3 Å². The van der Waals surface area contributed by atoms with Gasteiger partial charge in [0.05, 0.1) is 30.7 Å². The number of methoxy groups -OCH3 is 1. The molecule has 5 rings (SSSR count). The number of aromatic amines is 1. The van der Waals surface area contributed by atoms with E-state index in [2.05, 4.69) is 10.4 Å². The van der Waals surface area contributed by atoms with Crippen LogP contribution in [0.3, 0.4) is 0 Å². The molecule has 35 heavy (non-hydrogen) atoms. The van der Waals surface area contributed by atoms with Gasteiger partial charge in [-0.25, -0.2) is 8.42 Å². The van der Waals surface area contributed by atoms with Gasteiger partial charge in [-0.05, 0) is 47.5 Å². The van der Waals surface area contributed by atoms with Crippen LogP contribution in [0.15, 0.2) is 83.7 Å². The SMILES string of the molecule is COc1ccc([C@@H]2C=C(c3c(-c4ccccc4)c4cc(Cl)ccc4[nH]c3=O)NN2S(C)(=O)=O)cc1. The van der Waals surface area contributed by atoms with E-state index in [0.717, 1.165) is 27.2 Å². The lowest BCUT2D eigenvalue weighted by Crippen LogP contribution is -2.39. The van der Waals surface area contributed by atoms with E-state index in [-0.39, 0.29) is 5.56 Å². The van der Waals surface area contributed by atoms with Crippen LogP contribution in [-0.2, 0) is 10.0 Å². The fraction of sp³-hybridized carbons (Fsp3) is 0.115. The molecule has 0 unspecified atom stereocenters. The van der Waals surface area contributed by atoms with Gasteiger partial charge in [-0.1, -0.05) is 54.1 Å². The first-order valence-corrected chi connectivity index (χ1v) is 13.0. The van der Waals surface area contributed by atoms with Crippen LogP contribution in [0.4, 0.5) is 0 Å². The maximum Gasteiger partial charge on any atom is 0.258 e. The third-order valence-corrected chi connectivity index (χ3v) is 7.20. The number of hydrogen-bond acceptors (Lipinski definition) is 5. The molecule has 0 aliphatic carbocycles. The maximum absolute atomic E-state index is 13.4. The number of rotatable bonds is 5. The van der Waals surface area contributed by atoms with E-state index in [1.807, 2.05) is 30.3 Å². The largest absolute Gasteiger partial charge is 0.497 e. The Balaban J connectivity index is 1.76. The van der Waals surface area contributed by atoms with Crippen LogP contribution in [0.2, 0.25) is 5.02 Å². The number of nitrogens with one attached hydrogen (secondary N) is 2. The molecule has 1 aromatic heterocycles. The number of aromatic nitrogens is 1.